The molecule has 0 saturated heterocycles. The molecule has 0 bridgehead atoms. The quantitative estimate of drug-likeness (QED) is 0.396. The summed E-state index contributed by atoms with van der Waals surface area (Å²) in [7, 11) is 0.481. The number of carboxylic acids is 1. The van der Waals surface area contributed by atoms with Crippen molar-refractivity contribution >= 4 is 29.9 Å². The molecule has 7 nitrogen and oxygen atoms in total. The van der Waals surface area contributed by atoms with Crippen molar-refractivity contribution in [3.05, 3.63) is 89.5 Å². The third kappa shape index (κ3) is 5.84. The lowest BCUT2D eigenvalue weighted by atomic mass is 9.77. The topological polar surface area (TPSA) is 106 Å². The highest BCUT2D eigenvalue weighted by atomic mass is 16.4. The molecule has 0 unspecified atom stereocenters. The largest absolute Gasteiger partial charge is 0.488 e. The highest BCUT2D eigenvalue weighted by Crippen LogP contribution is 2.20. The second-order valence-corrected chi connectivity index (χ2v) is 6.96. The van der Waals surface area contributed by atoms with Crippen LogP contribution >= 0.6 is 0 Å². The number of azo groups is 1. The molecule has 3 aromatic carbocycles. The Morgan fingerprint density at radius 2 is 1.43 bits per heavy atom. The molecular weight excluding hydrogens is 381 g/mol. The van der Waals surface area contributed by atoms with Crippen LogP contribution in [-0.2, 0) is 13.1 Å². The molecule has 8 heteroatoms. The monoisotopic (exact) mass is 403 g/mol. The first-order chi connectivity index (χ1) is 14.4. The number of aromatic carboxylic acids is 1. The number of hydrogen-bond donors (Lipinski definition) is 3. The number of hydrogen-bond acceptors (Lipinski definition) is 6. The van der Waals surface area contributed by atoms with E-state index in [-0.39, 0.29) is 5.56 Å². The maximum Gasteiger partial charge on any atom is 0.488 e. The lowest BCUT2D eigenvalue weighted by Crippen LogP contribution is -2.34. The number of benzene rings is 3. The first-order valence-electron chi connectivity index (χ1n) is 9.39. The van der Waals surface area contributed by atoms with Gasteiger partial charge in [0, 0.05) is 13.1 Å². The molecule has 0 amide bonds. The van der Waals surface area contributed by atoms with Gasteiger partial charge in [0.2, 0.25) is 0 Å². The summed E-state index contributed by atoms with van der Waals surface area (Å²) in [4.78, 5) is 13.0. The summed E-state index contributed by atoms with van der Waals surface area (Å²) in [6.07, 6.45) is 0. The maximum absolute atomic E-state index is 10.9. The van der Waals surface area contributed by atoms with Crippen molar-refractivity contribution in [2.75, 3.05) is 7.05 Å². The summed E-state index contributed by atoms with van der Waals surface area (Å²) in [6, 6.07) is 21.1. The van der Waals surface area contributed by atoms with Crippen LogP contribution in [0.15, 0.2) is 83.0 Å². The minimum atomic E-state index is -1.49. The van der Waals surface area contributed by atoms with Gasteiger partial charge in [-0.25, -0.2) is 4.79 Å². The van der Waals surface area contributed by atoms with E-state index in [4.69, 9.17) is 5.11 Å². The Morgan fingerprint density at radius 3 is 2.00 bits per heavy atom. The summed E-state index contributed by atoms with van der Waals surface area (Å²) in [5.41, 5.74) is 3.94. The van der Waals surface area contributed by atoms with Crippen molar-refractivity contribution < 1.29 is 19.9 Å². The molecule has 152 valence electrons. The molecule has 30 heavy (non-hydrogen) atoms. The molecule has 0 aliphatic rings. The van der Waals surface area contributed by atoms with E-state index in [9.17, 15) is 14.8 Å². The molecule has 3 N–H and O–H groups in total. The molecule has 3 aromatic rings. The molecule has 0 aromatic heterocycles. The Labute approximate surface area is 175 Å². The van der Waals surface area contributed by atoms with Gasteiger partial charge in [0.1, 0.15) is 0 Å². The Kier molecular flexibility index (Phi) is 7.08. The van der Waals surface area contributed by atoms with Crippen molar-refractivity contribution in [2.24, 2.45) is 10.2 Å². The van der Waals surface area contributed by atoms with E-state index >= 15 is 0 Å². The molecule has 0 atom stereocenters. The van der Waals surface area contributed by atoms with Crippen LogP contribution in [0.3, 0.4) is 0 Å². The molecule has 0 heterocycles. The summed E-state index contributed by atoms with van der Waals surface area (Å²) < 4.78 is 0. The smallest absolute Gasteiger partial charge is 0.478 e. The zero-order valence-corrected chi connectivity index (χ0v) is 16.5. The highest BCUT2D eigenvalue weighted by Gasteiger charge is 2.16. The average Bonchev–Trinajstić information content (AvgIpc) is 2.73. The molecule has 0 saturated carbocycles. The summed E-state index contributed by atoms with van der Waals surface area (Å²) in [5, 5.41) is 36.2. The lowest BCUT2D eigenvalue weighted by Gasteiger charge is -2.19. The Balaban J connectivity index is 1.59. The van der Waals surface area contributed by atoms with Gasteiger partial charge in [-0.1, -0.05) is 36.4 Å². The molecular formula is C22H22BN3O4. The first kappa shape index (κ1) is 21.4. The first-order valence-corrected chi connectivity index (χ1v) is 9.39. The fourth-order valence-corrected chi connectivity index (χ4v) is 3.04. The zero-order valence-electron chi connectivity index (χ0n) is 16.5. The molecule has 0 aliphatic carbocycles. The minimum absolute atomic E-state index is 0.207. The van der Waals surface area contributed by atoms with Gasteiger partial charge >= 0.3 is 13.1 Å². The molecule has 0 spiro atoms. The van der Waals surface area contributed by atoms with Gasteiger partial charge in [0.05, 0.1) is 16.9 Å². The van der Waals surface area contributed by atoms with E-state index in [2.05, 4.69) is 15.1 Å². The van der Waals surface area contributed by atoms with E-state index in [1.807, 2.05) is 43.4 Å². The Morgan fingerprint density at radius 1 is 0.867 bits per heavy atom. The second-order valence-electron chi connectivity index (χ2n) is 6.96. The standard InChI is InChI=1S/C22H22BN3O4/c1-26(15-18-4-2-3-5-21(18)23(29)30)14-16-6-10-19(11-7-16)24-25-20-12-8-17(9-13-20)22(27)28/h2-13,29-30H,14-15H2,1H3,(H,27,28). The van der Waals surface area contributed by atoms with Gasteiger partial charge < -0.3 is 15.2 Å². The van der Waals surface area contributed by atoms with Gasteiger partial charge in [-0.2, -0.15) is 10.2 Å². The molecule has 0 aliphatic heterocycles. The highest BCUT2D eigenvalue weighted by molar-refractivity contribution is 6.59. The van der Waals surface area contributed by atoms with Crippen molar-refractivity contribution in [3.8, 4) is 0 Å². The maximum atomic E-state index is 10.9. The van der Waals surface area contributed by atoms with Crippen molar-refractivity contribution in [1.82, 2.24) is 4.90 Å². The number of carboxylic acid groups (broad SMARTS) is 1. The van der Waals surface area contributed by atoms with Crippen LogP contribution in [0.2, 0.25) is 0 Å². The number of rotatable bonds is 8. The van der Waals surface area contributed by atoms with Crippen molar-refractivity contribution in [3.63, 3.8) is 0 Å². The summed E-state index contributed by atoms with van der Waals surface area (Å²) in [5.74, 6) is -0.977. The van der Waals surface area contributed by atoms with Crippen LogP contribution in [0, 0.1) is 0 Å². The molecule has 0 fully saturated rings. The van der Waals surface area contributed by atoms with E-state index in [0.29, 0.717) is 29.9 Å². The average molecular weight is 403 g/mol. The van der Waals surface area contributed by atoms with Gasteiger partial charge in [0.25, 0.3) is 0 Å². The minimum Gasteiger partial charge on any atom is -0.478 e. The fraction of sp³-hybridized carbons (Fsp3) is 0.136. The fourth-order valence-electron chi connectivity index (χ4n) is 3.04. The SMILES string of the molecule is CN(Cc1ccc(N=Nc2ccc(C(=O)O)cc2)cc1)Cc1ccccc1B(O)O. The van der Waals surface area contributed by atoms with E-state index in [0.717, 1.165) is 11.1 Å². The van der Waals surface area contributed by atoms with Crippen molar-refractivity contribution in [1.29, 1.82) is 0 Å². The molecule has 3 rings (SSSR count). The normalized spacial score (nSPS) is 11.2. The predicted molar refractivity (Wildman–Crippen MR) is 115 cm³/mol. The van der Waals surface area contributed by atoms with Gasteiger partial charge in [0.15, 0.2) is 0 Å². The molecule has 0 radical (unpaired) electrons. The van der Waals surface area contributed by atoms with Gasteiger partial charge in [-0.05, 0) is 60.0 Å². The van der Waals surface area contributed by atoms with Gasteiger partial charge in [-0.3, -0.25) is 4.90 Å². The van der Waals surface area contributed by atoms with E-state index < -0.39 is 13.1 Å². The van der Waals surface area contributed by atoms with Crippen LogP contribution < -0.4 is 5.46 Å². The summed E-state index contributed by atoms with van der Waals surface area (Å²) >= 11 is 0. The third-order valence-electron chi connectivity index (χ3n) is 4.56. The second kappa shape index (κ2) is 9.93. The van der Waals surface area contributed by atoms with Crippen LogP contribution in [-0.4, -0.2) is 40.2 Å². The van der Waals surface area contributed by atoms with Crippen LogP contribution in [0.4, 0.5) is 11.4 Å². The number of nitrogens with zero attached hydrogens (tertiary/aromatic N) is 3. The lowest BCUT2D eigenvalue weighted by molar-refractivity contribution is 0.0697. The predicted octanol–water partition coefficient (Wildman–Crippen LogP) is 3.11. The van der Waals surface area contributed by atoms with Gasteiger partial charge in [-0.15, -0.1) is 0 Å². The number of carbonyl (C=O) groups is 1. The Hall–Kier alpha value is -3.33. The van der Waals surface area contributed by atoms with Crippen LogP contribution in [0.5, 0.6) is 0 Å². The van der Waals surface area contributed by atoms with Crippen molar-refractivity contribution in [2.45, 2.75) is 13.1 Å². The summed E-state index contributed by atoms with van der Waals surface area (Å²) in [6.45, 7) is 1.27. The van der Waals surface area contributed by atoms with E-state index in [1.165, 1.54) is 12.1 Å². The van der Waals surface area contributed by atoms with Crippen LogP contribution in [0.25, 0.3) is 0 Å². The zero-order chi connectivity index (χ0) is 21.5. The Bertz CT molecular complexity index is 1020. The third-order valence-corrected chi connectivity index (χ3v) is 4.56. The van der Waals surface area contributed by atoms with Crippen LogP contribution in [0.1, 0.15) is 21.5 Å². The van der Waals surface area contributed by atoms with E-state index in [1.54, 1.807) is 24.3 Å².